The van der Waals surface area contributed by atoms with E-state index in [1.54, 1.807) is 0 Å². The van der Waals surface area contributed by atoms with E-state index in [1.807, 2.05) is 0 Å². The Bertz CT molecular complexity index is 5.25. The van der Waals surface area contributed by atoms with Crippen molar-refractivity contribution < 1.29 is 0 Å². The standard InChI is InChI=1S/C3H5Cl/c1-2-3-4/h3H,1-2H2. The lowest BCUT2D eigenvalue weighted by molar-refractivity contribution is 1.37. The molecule has 0 spiro atoms. The minimum Gasteiger partial charge on any atom is -0.121 e. The predicted octanol–water partition coefficient (Wildman–Crippen LogP) is 1.61. The van der Waals surface area contributed by atoms with Gasteiger partial charge in [-0.2, -0.15) is 0 Å². The summed E-state index contributed by atoms with van der Waals surface area (Å²) >= 11 is 5.00. The van der Waals surface area contributed by atoms with Crippen molar-refractivity contribution in [2.75, 3.05) is 0 Å². The van der Waals surface area contributed by atoms with E-state index in [9.17, 15) is 0 Å². The lowest BCUT2D eigenvalue weighted by atomic mass is 10.6. The highest BCUT2D eigenvalue weighted by atomic mass is 35.5. The molecule has 4 heavy (non-hydrogen) atoms. The highest BCUT2D eigenvalue weighted by Gasteiger charge is 1.60. The van der Waals surface area contributed by atoms with Crippen LogP contribution < -0.4 is 0 Å². The van der Waals surface area contributed by atoms with Gasteiger partial charge in [-0.05, 0) is 6.42 Å². The molecule has 0 nitrogen and oxygen atoms in total. The first-order valence-electron chi connectivity index (χ1n) is 1.13. The van der Waals surface area contributed by atoms with Crippen LogP contribution in [0.1, 0.15) is 6.42 Å². The van der Waals surface area contributed by atoms with Crippen LogP contribution in [0, 0.1) is 12.8 Å². The molecular formula is C3H5Cl. The van der Waals surface area contributed by atoms with Gasteiger partial charge in [0.15, 0.2) is 0 Å². The van der Waals surface area contributed by atoms with Gasteiger partial charge in [-0.15, -0.1) is 11.6 Å². The van der Waals surface area contributed by atoms with E-state index in [-0.39, 0.29) is 0 Å². The first-order valence-corrected chi connectivity index (χ1v) is 1.56. The first-order chi connectivity index (χ1) is 1.91. The summed E-state index contributed by atoms with van der Waals surface area (Å²) in [5.74, 6) is 1.49. The van der Waals surface area contributed by atoms with E-state index in [1.165, 1.54) is 5.88 Å². The van der Waals surface area contributed by atoms with Crippen molar-refractivity contribution in [1.29, 1.82) is 0 Å². The molecule has 0 unspecified atom stereocenters. The topological polar surface area (TPSA) is 0 Å². The second-order valence-electron chi connectivity index (χ2n) is 0.443. The Labute approximate surface area is 31.8 Å². The van der Waals surface area contributed by atoms with Crippen molar-refractivity contribution in [1.82, 2.24) is 0 Å². The zero-order valence-electron chi connectivity index (χ0n) is 2.37. The molecule has 0 aromatic heterocycles. The maximum atomic E-state index is 5.00. The van der Waals surface area contributed by atoms with Crippen LogP contribution in [0.15, 0.2) is 0 Å². The van der Waals surface area contributed by atoms with Gasteiger partial charge in [0, 0.05) is 5.88 Å². The third kappa shape index (κ3) is 2.29. The van der Waals surface area contributed by atoms with E-state index in [0.717, 1.165) is 0 Å². The molecule has 0 aliphatic heterocycles. The minimum absolute atomic E-state index is 0.710. The van der Waals surface area contributed by atoms with E-state index < -0.39 is 0 Å². The molecule has 0 saturated carbocycles. The van der Waals surface area contributed by atoms with Crippen LogP contribution in [0.5, 0.6) is 0 Å². The maximum Gasteiger partial charge on any atom is 0.0499 e. The molecule has 0 aromatic carbocycles. The van der Waals surface area contributed by atoms with Crippen LogP contribution >= 0.6 is 11.6 Å². The van der Waals surface area contributed by atoms with E-state index in [2.05, 4.69) is 6.92 Å². The zero-order valence-corrected chi connectivity index (χ0v) is 3.13. The average molecular weight is 76.5 g/mol. The van der Waals surface area contributed by atoms with Gasteiger partial charge in [0.2, 0.25) is 0 Å². The molecule has 0 amide bonds. The number of rotatable bonds is 1. The second-order valence-corrected chi connectivity index (χ2v) is 0.752. The van der Waals surface area contributed by atoms with E-state index in [0.29, 0.717) is 6.42 Å². The highest BCUT2D eigenvalue weighted by molar-refractivity contribution is 6.23. The van der Waals surface area contributed by atoms with Crippen LogP contribution in [0.2, 0.25) is 0 Å². The van der Waals surface area contributed by atoms with Crippen molar-refractivity contribution in [3.8, 4) is 0 Å². The number of hydrogen-bond donors (Lipinski definition) is 0. The third-order valence-corrected chi connectivity index (χ3v) is 0.327. The molecule has 0 aromatic rings. The third-order valence-electron chi connectivity index (χ3n) is 0.109. The molecule has 0 saturated heterocycles. The quantitative estimate of drug-likeness (QED) is 0.445. The SMILES string of the molecule is [CH2]C[CH]Cl. The van der Waals surface area contributed by atoms with Crippen LogP contribution in [-0.2, 0) is 0 Å². The summed E-state index contributed by atoms with van der Waals surface area (Å²) in [5, 5.41) is 0. The molecular weight excluding hydrogens is 71.5 g/mol. The molecule has 0 bridgehead atoms. The fourth-order valence-electron chi connectivity index (χ4n) is 0. The van der Waals surface area contributed by atoms with Gasteiger partial charge in [-0.25, -0.2) is 0 Å². The molecule has 0 aliphatic rings. The molecule has 0 aliphatic carbocycles. The van der Waals surface area contributed by atoms with Gasteiger partial charge in [-0.3, -0.25) is 0 Å². The second kappa shape index (κ2) is 3.29. The Hall–Kier alpha value is 0.290. The first kappa shape index (κ1) is 4.29. The largest absolute Gasteiger partial charge is 0.121 e. The monoisotopic (exact) mass is 76.0 g/mol. The van der Waals surface area contributed by atoms with Crippen molar-refractivity contribution in [2.45, 2.75) is 6.42 Å². The molecule has 0 N–H and O–H groups in total. The summed E-state index contributed by atoms with van der Waals surface area (Å²) in [7, 11) is 0. The van der Waals surface area contributed by atoms with Crippen molar-refractivity contribution in [3.63, 3.8) is 0 Å². The number of halogens is 1. The van der Waals surface area contributed by atoms with Gasteiger partial charge in [0.05, 0.1) is 0 Å². The Morgan fingerprint density at radius 3 is 2.25 bits per heavy atom. The normalized spacial score (nSPS) is 7.50. The molecule has 1 heteroatoms. The molecule has 2 radical (unpaired) electrons. The van der Waals surface area contributed by atoms with Gasteiger partial charge in [0.1, 0.15) is 0 Å². The Morgan fingerprint density at radius 2 is 2.25 bits per heavy atom. The van der Waals surface area contributed by atoms with Gasteiger partial charge in [-0.1, -0.05) is 6.92 Å². The van der Waals surface area contributed by atoms with E-state index in [4.69, 9.17) is 11.6 Å². The fourth-order valence-corrected chi connectivity index (χ4v) is 0. The van der Waals surface area contributed by atoms with Gasteiger partial charge < -0.3 is 0 Å². The molecule has 0 atom stereocenters. The van der Waals surface area contributed by atoms with Crippen LogP contribution in [-0.4, -0.2) is 0 Å². The summed E-state index contributed by atoms with van der Waals surface area (Å²) in [6.07, 6.45) is 0.710. The van der Waals surface area contributed by atoms with Crippen LogP contribution in [0.4, 0.5) is 0 Å². The lowest BCUT2D eigenvalue weighted by Gasteiger charge is -1.64. The van der Waals surface area contributed by atoms with Gasteiger partial charge >= 0.3 is 0 Å². The summed E-state index contributed by atoms with van der Waals surface area (Å²) in [4.78, 5) is 0. The zero-order chi connectivity index (χ0) is 3.41. The lowest BCUT2D eigenvalue weighted by Crippen LogP contribution is -1.45. The number of hydrogen-bond acceptors (Lipinski definition) is 0. The van der Waals surface area contributed by atoms with Crippen molar-refractivity contribution in [2.24, 2.45) is 0 Å². The predicted molar refractivity (Wildman–Crippen MR) is 20.1 cm³/mol. The smallest absolute Gasteiger partial charge is 0.0499 e. The summed E-state index contributed by atoms with van der Waals surface area (Å²) in [6, 6.07) is 0. The molecule has 24 valence electrons. The molecule has 0 fully saturated rings. The Morgan fingerprint density at radius 1 is 2.00 bits per heavy atom. The molecule has 0 rings (SSSR count). The average Bonchev–Trinajstić information content (AvgIpc) is 1.37. The Kier molecular flexibility index (Phi) is 3.53. The van der Waals surface area contributed by atoms with E-state index >= 15 is 0 Å². The highest BCUT2D eigenvalue weighted by Crippen LogP contribution is 1.84. The van der Waals surface area contributed by atoms with Crippen molar-refractivity contribution in [3.05, 3.63) is 12.8 Å². The Balaban J connectivity index is 1.97. The minimum atomic E-state index is 0.710. The van der Waals surface area contributed by atoms with Crippen LogP contribution in [0.25, 0.3) is 0 Å². The summed E-state index contributed by atoms with van der Waals surface area (Å²) in [6.45, 7) is 3.42. The summed E-state index contributed by atoms with van der Waals surface area (Å²) < 4.78 is 0. The van der Waals surface area contributed by atoms with Crippen LogP contribution in [0.3, 0.4) is 0 Å². The van der Waals surface area contributed by atoms with Crippen molar-refractivity contribution >= 4 is 11.6 Å². The van der Waals surface area contributed by atoms with Gasteiger partial charge in [0.25, 0.3) is 0 Å². The molecule has 0 heterocycles. The fraction of sp³-hybridized carbons (Fsp3) is 0.333. The maximum absolute atomic E-state index is 5.00. The summed E-state index contributed by atoms with van der Waals surface area (Å²) in [5.41, 5.74) is 0.